The third-order valence-electron chi connectivity index (χ3n) is 4.13. The lowest BCUT2D eigenvalue weighted by molar-refractivity contribution is -0.313. The molecular formula is C15H13BrNO3-. The summed E-state index contributed by atoms with van der Waals surface area (Å²) in [5, 5.41) is 14.1. The highest BCUT2D eigenvalue weighted by molar-refractivity contribution is 9.10. The lowest BCUT2D eigenvalue weighted by atomic mass is 9.82. The van der Waals surface area contributed by atoms with Crippen molar-refractivity contribution < 1.29 is 14.7 Å². The average Bonchev–Trinajstić information content (AvgIpc) is 2.98. The first-order chi connectivity index (χ1) is 9.56. The van der Waals surface area contributed by atoms with Crippen LogP contribution in [0.25, 0.3) is 0 Å². The SMILES string of the molecule is O=C(Nc1cccc(Br)c1)[C@@H]1[C@H](C(=O)[O-])[C@@H]2C=C[C@H]1C2. The summed E-state index contributed by atoms with van der Waals surface area (Å²) in [7, 11) is 0. The first-order valence-corrected chi connectivity index (χ1v) is 7.31. The molecule has 1 amide bonds. The van der Waals surface area contributed by atoms with Crippen molar-refractivity contribution in [2.45, 2.75) is 6.42 Å². The highest BCUT2D eigenvalue weighted by atomic mass is 79.9. The summed E-state index contributed by atoms with van der Waals surface area (Å²) in [4.78, 5) is 23.7. The maximum Gasteiger partial charge on any atom is 0.228 e. The standard InChI is InChI=1S/C15H14BrNO3/c16-10-2-1-3-11(7-10)17-14(18)12-8-4-5-9(6-8)13(12)15(19)20/h1-5,7-9,12-13H,6H2,(H,17,18)(H,19,20)/p-1/t8-,9+,12-,13+/m0/s1. The van der Waals surface area contributed by atoms with Crippen LogP contribution in [0, 0.1) is 23.7 Å². The fraction of sp³-hybridized carbons (Fsp3) is 0.333. The van der Waals surface area contributed by atoms with Crippen LogP contribution in [0.2, 0.25) is 0 Å². The van der Waals surface area contributed by atoms with E-state index in [1.54, 1.807) is 12.1 Å². The van der Waals surface area contributed by atoms with Crippen molar-refractivity contribution in [3.63, 3.8) is 0 Å². The number of carboxylic acids is 1. The minimum atomic E-state index is -1.13. The number of rotatable bonds is 3. The van der Waals surface area contributed by atoms with Gasteiger partial charge in [0.2, 0.25) is 5.91 Å². The van der Waals surface area contributed by atoms with Crippen LogP contribution in [-0.2, 0) is 9.59 Å². The van der Waals surface area contributed by atoms with Gasteiger partial charge in [0, 0.05) is 22.0 Å². The van der Waals surface area contributed by atoms with Crippen LogP contribution in [0.4, 0.5) is 5.69 Å². The van der Waals surface area contributed by atoms with Gasteiger partial charge in [0.05, 0.1) is 5.92 Å². The van der Waals surface area contributed by atoms with Gasteiger partial charge in [0.25, 0.3) is 0 Å². The Labute approximate surface area is 125 Å². The van der Waals surface area contributed by atoms with E-state index in [0.29, 0.717) is 5.69 Å². The van der Waals surface area contributed by atoms with Gasteiger partial charge < -0.3 is 15.2 Å². The number of benzene rings is 1. The molecule has 0 heterocycles. The minimum Gasteiger partial charge on any atom is -0.550 e. The molecule has 4 nitrogen and oxygen atoms in total. The Morgan fingerprint density at radius 3 is 2.55 bits per heavy atom. The van der Waals surface area contributed by atoms with Crippen LogP contribution in [0.1, 0.15) is 6.42 Å². The van der Waals surface area contributed by atoms with Gasteiger partial charge in [0.15, 0.2) is 0 Å². The van der Waals surface area contributed by atoms with E-state index in [2.05, 4.69) is 21.2 Å². The normalized spacial score (nSPS) is 30.4. The number of amides is 1. The minimum absolute atomic E-state index is 0.00931. The first kappa shape index (κ1) is 13.4. The van der Waals surface area contributed by atoms with Gasteiger partial charge in [-0.25, -0.2) is 0 Å². The summed E-state index contributed by atoms with van der Waals surface area (Å²) < 4.78 is 0.861. The van der Waals surface area contributed by atoms with Crippen molar-refractivity contribution in [3.8, 4) is 0 Å². The number of nitrogens with one attached hydrogen (secondary N) is 1. The molecule has 1 aromatic carbocycles. The molecule has 2 aliphatic carbocycles. The number of anilines is 1. The number of carbonyl (C=O) groups is 2. The lowest BCUT2D eigenvalue weighted by Gasteiger charge is -2.27. The summed E-state index contributed by atoms with van der Waals surface area (Å²) >= 11 is 3.34. The van der Waals surface area contributed by atoms with Crippen LogP contribution in [-0.4, -0.2) is 11.9 Å². The van der Waals surface area contributed by atoms with Gasteiger partial charge in [-0.2, -0.15) is 0 Å². The quantitative estimate of drug-likeness (QED) is 0.853. The van der Waals surface area contributed by atoms with Gasteiger partial charge in [-0.15, -0.1) is 0 Å². The molecule has 0 aromatic heterocycles. The Kier molecular flexibility index (Phi) is 3.38. The molecule has 2 bridgehead atoms. The van der Waals surface area contributed by atoms with Crippen molar-refractivity contribution in [2.24, 2.45) is 23.7 Å². The molecular weight excluding hydrogens is 322 g/mol. The predicted molar refractivity (Wildman–Crippen MR) is 75.5 cm³/mol. The van der Waals surface area contributed by atoms with E-state index in [1.807, 2.05) is 24.3 Å². The van der Waals surface area contributed by atoms with E-state index in [-0.39, 0.29) is 17.7 Å². The highest BCUT2D eigenvalue weighted by Crippen LogP contribution is 2.48. The number of allylic oxidation sites excluding steroid dienone is 2. The van der Waals surface area contributed by atoms with E-state index in [9.17, 15) is 14.7 Å². The number of halogens is 1. The van der Waals surface area contributed by atoms with Crippen molar-refractivity contribution in [1.82, 2.24) is 0 Å². The van der Waals surface area contributed by atoms with Crippen molar-refractivity contribution in [2.75, 3.05) is 5.32 Å². The third kappa shape index (κ3) is 2.26. The predicted octanol–water partition coefficient (Wildman–Crippen LogP) is 1.58. The van der Waals surface area contributed by atoms with Crippen LogP contribution in [0.15, 0.2) is 40.9 Å². The Bertz CT molecular complexity index is 599. The second-order valence-electron chi connectivity index (χ2n) is 5.32. The smallest absolute Gasteiger partial charge is 0.228 e. The molecule has 0 saturated heterocycles. The van der Waals surface area contributed by atoms with E-state index in [4.69, 9.17) is 0 Å². The largest absolute Gasteiger partial charge is 0.550 e. The molecule has 20 heavy (non-hydrogen) atoms. The van der Waals surface area contributed by atoms with Gasteiger partial charge in [-0.3, -0.25) is 4.79 Å². The first-order valence-electron chi connectivity index (χ1n) is 6.52. The zero-order chi connectivity index (χ0) is 14.3. The molecule has 2 aliphatic rings. The molecule has 1 N–H and O–H groups in total. The van der Waals surface area contributed by atoms with E-state index in [0.717, 1.165) is 10.9 Å². The van der Waals surface area contributed by atoms with Gasteiger partial charge in [0.1, 0.15) is 0 Å². The fourth-order valence-electron chi connectivity index (χ4n) is 3.29. The van der Waals surface area contributed by atoms with Crippen LogP contribution < -0.4 is 10.4 Å². The van der Waals surface area contributed by atoms with Gasteiger partial charge in [-0.05, 0) is 36.5 Å². The molecule has 5 heteroatoms. The maximum absolute atomic E-state index is 12.4. The number of carboxylic acid groups (broad SMARTS) is 1. The molecule has 104 valence electrons. The average molecular weight is 335 g/mol. The second-order valence-corrected chi connectivity index (χ2v) is 6.23. The van der Waals surface area contributed by atoms with E-state index >= 15 is 0 Å². The topological polar surface area (TPSA) is 69.2 Å². The number of carbonyl (C=O) groups excluding carboxylic acids is 2. The summed E-state index contributed by atoms with van der Waals surface area (Å²) in [5.74, 6) is -2.67. The Hall–Kier alpha value is -1.62. The van der Waals surface area contributed by atoms with Gasteiger partial charge >= 0.3 is 0 Å². The molecule has 1 aromatic rings. The zero-order valence-corrected chi connectivity index (χ0v) is 12.2. The molecule has 4 atom stereocenters. The Balaban J connectivity index is 1.80. The van der Waals surface area contributed by atoms with Crippen molar-refractivity contribution >= 4 is 33.5 Å². The summed E-state index contributed by atoms with van der Waals surface area (Å²) in [5.41, 5.74) is 0.660. The summed E-state index contributed by atoms with van der Waals surface area (Å²) in [6, 6.07) is 7.24. The van der Waals surface area contributed by atoms with Gasteiger partial charge in [-0.1, -0.05) is 34.1 Å². The summed E-state index contributed by atoms with van der Waals surface area (Å²) in [6.45, 7) is 0. The number of hydrogen-bond acceptors (Lipinski definition) is 3. The molecule has 3 rings (SSSR count). The molecule has 1 fully saturated rings. The molecule has 0 unspecified atom stereocenters. The third-order valence-corrected chi connectivity index (χ3v) is 4.62. The number of hydrogen-bond donors (Lipinski definition) is 1. The van der Waals surface area contributed by atoms with E-state index in [1.165, 1.54) is 0 Å². The van der Waals surface area contributed by atoms with Crippen LogP contribution in [0.3, 0.4) is 0 Å². The summed E-state index contributed by atoms with van der Waals surface area (Å²) in [6.07, 6.45) is 4.58. The van der Waals surface area contributed by atoms with Crippen LogP contribution >= 0.6 is 15.9 Å². The Morgan fingerprint density at radius 1 is 1.20 bits per heavy atom. The number of aliphatic carboxylic acids is 1. The molecule has 0 radical (unpaired) electrons. The number of fused-ring (bicyclic) bond motifs is 2. The van der Waals surface area contributed by atoms with Crippen molar-refractivity contribution in [1.29, 1.82) is 0 Å². The molecule has 1 saturated carbocycles. The zero-order valence-electron chi connectivity index (χ0n) is 10.6. The lowest BCUT2D eigenvalue weighted by Crippen LogP contribution is -2.42. The molecule has 0 aliphatic heterocycles. The maximum atomic E-state index is 12.4. The van der Waals surface area contributed by atoms with Crippen LogP contribution in [0.5, 0.6) is 0 Å². The second kappa shape index (κ2) is 5.05. The molecule has 0 spiro atoms. The van der Waals surface area contributed by atoms with Crippen molar-refractivity contribution in [3.05, 3.63) is 40.9 Å². The van der Waals surface area contributed by atoms with E-state index < -0.39 is 17.8 Å². The Morgan fingerprint density at radius 2 is 1.90 bits per heavy atom. The monoisotopic (exact) mass is 334 g/mol. The highest BCUT2D eigenvalue weighted by Gasteiger charge is 2.48. The fourth-order valence-corrected chi connectivity index (χ4v) is 3.69.